The summed E-state index contributed by atoms with van der Waals surface area (Å²) in [5.74, 6) is 0.812. The fourth-order valence-electron chi connectivity index (χ4n) is 3.65. The molecule has 0 aromatic heterocycles. The number of carbonyl (C=O) groups is 3. The van der Waals surface area contributed by atoms with Crippen molar-refractivity contribution in [1.29, 1.82) is 0 Å². The molecule has 0 heterocycles. The van der Waals surface area contributed by atoms with E-state index in [1.807, 2.05) is 19.9 Å². The number of allylic oxidation sites excluding steroid dienone is 3. The highest BCUT2D eigenvalue weighted by molar-refractivity contribution is 5.87. The van der Waals surface area contributed by atoms with E-state index in [1.165, 1.54) is 10.5 Å². The lowest BCUT2D eigenvalue weighted by atomic mass is 9.98. The maximum Gasteiger partial charge on any atom is 0.240 e. The summed E-state index contributed by atoms with van der Waals surface area (Å²) < 4.78 is 6.08. The molecule has 0 bridgehead atoms. The standard InChI is InChI=1S/C24H42N4O4/c1-5-19(3)23(24(31)28(4)17-22(30)26-6-2)27-15-16-32-21-13-9-7-8-11-20(21)12-10-14-25-18-29/h9,13,18-19,23,27H,5-8,10-12,14-17H2,1-4H3,(H,25,29)(H,26,30). The second-order valence-electron chi connectivity index (χ2n) is 8.25. The number of amides is 3. The average Bonchev–Trinajstić information content (AvgIpc) is 3.01. The molecule has 0 fully saturated rings. The molecule has 182 valence electrons. The predicted octanol–water partition coefficient (Wildman–Crippen LogP) is 2.12. The van der Waals surface area contributed by atoms with E-state index in [0.29, 0.717) is 26.2 Å². The molecule has 0 radical (unpaired) electrons. The lowest BCUT2D eigenvalue weighted by molar-refractivity contribution is -0.137. The summed E-state index contributed by atoms with van der Waals surface area (Å²) in [7, 11) is 1.66. The third kappa shape index (κ3) is 10.3. The quantitative estimate of drug-likeness (QED) is 0.247. The second kappa shape index (κ2) is 16.3. The van der Waals surface area contributed by atoms with E-state index >= 15 is 0 Å². The van der Waals surface area contributed by atoms with E-state index in [2.05, 4.69) is 29.0 Å². The van der Waals surface area contributed by atoms with Crippen LogP contribution in [0.1, 0.15) is 59.3 Å². The summed E-state index contributed by atoms with van der Waals surface area (Å²) in [6, 6.07) is -0.365. The van der Waals surface area contributed by atoms with Gasteiger partial charge in [0.2, 0.25) is 18.2 Å². The average molecular weight is 451 g/mol. The van der Waals surface area contributed by atoms with Crippen LogP contribution in [0.2, 0.25) is 0 Å². The van der Waals surface area contributed by atoms with Gasteiger partial charge in [-0.3, -0.25) is 14.4 Å². The molecule has 1 aliphatic carbocycles. The van der Waals surface area contributed by atoms with Crippen LogP contribution in [0.4, 0.5) is 0 Å². The Balaban J connectivity index is 2.64. The molecule has 0 aromatic carbocycles. The highest BCUT2D eigenvalue weighted by atomic mass is 16.5. The van der Waals surface area contributed by atoms with E-state index in [9.17, 15) is 14.4 Å². The number of rotatable bonds is 16. The van der Waals surface area contributed by atoms with Gasteiger partial charge in [-0.25, -0.2) is 0 Å². The molecule has 3 N–H and O–H groups in total. The highest BCUT2D eigenvalue weighted by Gasteiger charge is 2.27. The minimum Gasteiger partial charge on any atom is -0.492 e. The van der Waals surface area contributed by atoms with Gasteiger partial charge >= 0.3 is 0 Å². The normalized spacial score (nSPS) is 15.5. The first-order valence-electron chi connectivity index (χ1n) is 11.9. The first kappa shape index (κ1) is 27.7. The third-order valence-electron chi connectivity index (χ3n) is 5.68. The first-order chi connectivity index (χ1) is 15.4. The van der Waals surface area contributed by atoms with Crippen molar-refractivity contribution in [3.63, 3.8) is 0 Å². The third-order valence-corrected chi connectivity index (χ3v) is 5.68. The Labute approximate surface area is 193 Å². The Bertz CT molecular complexity index is 648. The molecule has 0 aliphatic heterocycles. The summed E-state index contributed by atoms with van der Waals surface area (Å²) >= 11 is 0. The number of nitrogens with one attached hydrogen (secondary N) is 3. The molecule has 0 saturated heterocycles. The van der Waals surface area contributed by atoms with Gasteiger partial charge in [-0.2, -0.15) is 0 Å². The van der Waals surface area contributed by atoms with Crippen LogP contribution >= 0.6 is 0 Å². The van der Waals surface area contributed by atoms with Crippen molar-refractivity contribution in [3.8, 4) is 0 Å². The number of carbonyl (C=O) groups excluding carboxylic acids is 3. The maximum atomic E-state index is 12.9. The molecule has 0 spiro atoms. The summed E-state index contributed by atoms with van der Waals surface area (Å²) in [5.41, 5.74) is 1.28. The monoisotopic (exact) mass is 450 g/mol. The van der Waals surface area contributed by atoms with Crippen molar-refractivity contribution in [1.82, 2.24) is 20.9 Å². The van der Waals surface area contributed by atoms with E-state index in [4.69, 9.17) is 4.74 Å². The topological polar surface area (TPSA) is 99.8 Å². The predicted molar refractivity (Wildman–Crippen MR) is 127 cm³/mol. The Morgan fingerprint density at radius 3 is 2.75 bits per heavy atom. The Kier molecular flexibility index (Phi) is 14.1. The highest BCUT2D eigenvalue weighted by Crippen LogP contribution is 2.23. The molecule has 2 atom stereocenters. The smallest absolute Gasteiger partial charge is 0.240 e. The summed E-state index contributed by atoms with van der Waals surface area (Å²) in [4.78, 5) is 36.7. The Hall–Kier alpha value is -2.35. The van der Waals surface area contributed by atoms with E-state index in [1.54, 1.807) is 7.05 Å². The fraction of sp³-hybridized carbons (Fsp3) is 0.708. The maximum absolute atomic E-state index is 12.9. The van der Waals surface area contributed by atoms with E-state index in [-0.39, 0.29) is 30.3 Å². The van der Waals surface area contributed by atoms with Crippen LogP contribution in [-0.4, -0.2) is 69.0 Å². The molecular formula is C24H42N4O4. The van der Waals surface area contributed by atoms with Crippen molar-refractivity contribution < 1.29 is 19.1 Å². The second-order valence-corrected chi connectivity index (χ2v) is 8.25. The van der Waals surface area contributed by atoms with Gasteiger partial charge in [0.1, 0.15) is 12.4 Å². The van der Waals surface area contributed by atoms with Crippen molar-refractivity contribution in [2.75, 3.05) is 39.8 Å². The molecule has 1 aliphatic rings. The Morgan fingerprint density at radius 2 is 2.06 bits per heavy atom. The molecular weight excluding hydrogens is 408 g/mol. The lowest BCUT2D eigenvalue weighted by Gasteiger charge is -2.28. The number of nitrogens with zero attached hydrogens (tertiary/aromatic N) is 1. The zero-order chi connectivity index (χ0) is 23.8. The summed E-state index contributed by atoms with van der Waals surface area (Å²) in [6.45, 7) is 8.20. The van der Waals surface area contributed by atoms with Crippen LogP contribution < -0.4 is 16.0 Å². The van der Waals surface area contributed by atoms with E-state index in [0.717, 1.165) is 50.7 Å². The molecule has 8 nitrogen and oxygen atoms in total. The molecule has 32 heavy (non-hydrogen) atoms. The molecule has 3 amide bonds. The fourth-order valence-corrected chi connectivity index (χ4v) is 3.65. The van der Waals surface area contributed by atoms with Crippen molar-refractivity contribution in [3.05, 3.63) is 23.5 Å². The summed E-state index contributed by atoms with van der Waals surface area (Å²) in [6.07, 6.45) is 10.7. The largest absolute Gasteiger partial charge is 0.492 e. The van der Waals surface area contributed by atoms with Gasteiger partial charge in [0.15, 0.2) is 0 Å². The van der Waals surface area contributed by atoms with Gasteiger partial charge in [0.05, 0.1) is 12.6 Å². The molecule has 8 heteroatoms. The van der Waals surface area contributed by atoms with Gasteiger partial charge in [0.25, 0.3) is 0 Å². The first-order valence-corrected chi connectivity index (χ1v) is 11.9. The van der Waals surface area contributed by atoms with Crippen molar-refractivity contribution >= 4 is 18.2 Å². The van der Waals surface area contributed by atoms with Crippen molar-refractivity contribution in [2.24, 2.45) is 5.92 Å². The number of hydrogen-bond donors (Lipinski definition) is 3. The van der Waals surface area contributed by atoms with Gasteiger partial charge in [-0.05, 0) is 56.6 Å². The van der Waals surface area contributed by atoms with Gasteiger partial charge in [-0.15, -0.1) is 0 Å². The Morgan fingerprint density at radius 1 is 1.28 bits per heavy atom. The lowest BCUT2D eigenvalue weighted by Crippen LogP contribution is -2.51. The van der Waals surface area contributed by atoms with Crippen LogP contribution in [-0.2, 0) is 19.1 Å². The number of likely N-dealkylation sites (N-methyl/N-ethyl adjacent to an activating group) is 2. The van der Waals surface area contributed by atoms with Gasteiger partial charge < -0.3 is 25.6 Å². The molecule has 0 saturated carbocycles. The number of ether oxygens (including phenoxy) is 1. The SMILES string of the molecule is CCNC(=O)CN(C)C(=O)C(NCCOC1=C(CCCNC=O)CCCC=C1)C(C)CC. The molecule has 2 unspecified atom stereocenters. The van der Waals surface area contributed by atoms with Crippen LogP contribution in [0, 0.1) is 5.92 Å². The van der Waals surface area contributed by atoms with Crippen LogP contribution in [0.5, 0.6) is 0 Å². The zero-order valence-corrected chi connectivity index (χ0v) is 20.2. The van der Waals surface area contributed by atoms with Gasteiger partial charge in [-0.1, -0.05) is 26.3 Å². The minimum absolute atomic E-state index is 0.0534. The van der Waals surface area contributed by atoms with Crippen LogP contribution in [0.15, 0.2) is 23.5 Å². The molecule has 0 aromatic rings. The zero-order valence-electron chi connectivity index (χ0n) is 20.2. The minimum atomic E-state index is -0.365. The van der Waals surface area contributed by atoms with Gasteiger partial charge in [0, 0.05) is 26.7 Å². The van der Waals surface area contributed by atoms with Crippen LogP contribution in [0.3, 0.4) is 0 Å². The van der Waals surface area contributed by atoms with E-state index < -0.39 is 0 Å². The van der Waals surface area contributed by atoms with Crippen molar-refractivity contribution in [2.45, 2.75) is 65.3 Å². The summed E-state index contributed by atoms with van der Waals surface area (Å²) in [5, 5.41) is 8.77. The van der Waals surface area contributed by atoms with Crippen LogP contribution in [0.25, 0.3) is 0 Å². The molecule has 1 rings (SSSR count). The number of hydrogen-bond acceptors (Lipinski definition) is 5.